The van der Waals surface area contributed by atoms with Crippen LogP contribution in [0.3, 0.4) is 0 Å². The predicted molar refractivity (Wildman–Crippen MR) is 136 cm³/mol. The molecule has 0 bridgehead atoms. The zero-order valence-corrected chi connectivity index (χ0v) is 20.7. The van der Waals surface area contributed by atoms with Crippen LogP contribution >= 0.6 is 0 Å². The van der Waals surface area contributed by atoms with Gasteiger partial charge in [-0.25, -0.2) is 0 Å². The molecule has 8 nitrogen and oxygen atoms in total. The Labute approximate surface area is 207 Å². The summed E-state index contributed by atoms with van der Waals surface area (Å²) in [6.45, 7) is 4.89. The van der Waals surface area contributed by atoms with Gasteiger partial charge in [-0.1, -0.05) is 56.3 Å². The molecule has 1 heterocycles. The van der Waals surface area contributed by atoms with Crippen molar-refractivity contribution in [3.05, 3.63) is 48.0 Å². The van der Waals surface area contributed by atoms with Crippen LogP contribution in [0.15, 0.2) is 42.5 Å². The van der Waals surface area contributed by atoms with Crippen LogP contribution in [0.1, 0.15) is 45.1 Å². The number of likely N-dealkylation sites (tertiary alicyclic amines) is 1. The third-order valence-corrected chi connectivity index (χ3v) is 6.77. The van der Waals surface area contributed by atoms with Crippen LogP contribution < -0.4 is 16.4 Å². The summed E-state index contributed by atoms with van der Waals surface area (Å²) >= 11 is 0. The van der Waals surface area contributed by atoms with Gasteiger partial charge in [0.1, 0.15) is 12.1 Å². The highest BCUT2D eigenvalue weighted by Gasteiger charge is 2.41. The molecule has 35 heavy (non-hydrogen) atoms. The highest BCUT2D eigenvalue weighted by molar-refractivity contribution is 5.93. The highest BCUT2D eigenvalue weighted by Crippen LogP contribution is 2.24. The fraction of sp³-hybridized carbons (Fsp3) is 0.519. The quantitative estimate of drug-likeness (QED) is 0.363. The molecular weight excluding hydrogens is 444 g/mol. The van der Waals surface area contributed by atoms with Gasteiger partial charge < -0.3 is 26.4 Å². The molecule has 1 fully saturated rings. The maximum Gasteiger partial charge on any atom is 0.243 e. The number of carbonyl (C=O) groups is 3. The van der Waals surface area contributed by atoms with Gasteiger partial charge in [0.25, 0.3) is 0 Å². The Morgan fingerprint density at radius 2 is 1.83 bits per heavy atom. The summed E-state index contributed by atoms with van der Waals surface area (Å²) in [5.74, 6) is -1.02. The van der Waals surface area contributed by atoms with E-state index in [9.17, 15) is 19.5 Å². The van der Waals surface area contributed by atoms with Gasteiger partial charge in [-0.2, -0.15) is 0 Å². The van der Waals surface area contributed by atoms with E-state index in [0.29, 0.717) is 38.8 Å². The second kappa shape index (κ2) is 12.7. The number of hydrogen-bond donors (Lipinski definition) is 4. The van der Waals surface area contributed by atoms with Crippen molar-refractivity contribution in [1.29, 1.82) is 0 Å². The van der Waals surface area contributed by atoms with E-state index in [2.05, 4.69) is 10.6 Å². The Morgan fingerprint density at radius 1 is 1.11 bits per heavy atom. The lowest BCUT2D eigenvalue weighted by molar-refractivity contribution is -0.142. The average molecular weight is 483 g/mol. The van der Waals surface area contributed by atoms with Crippen LogP contribution in [0.25, 0.3) is 10.8 Å². The van der Waals surface area contributed by atoms with Crippen molar-refractivity contribution in [2.24, 2.45) is 11.7 Å². The molecule has 0 aliphatic carbocycles. The van der Waals surface area contributed by atoms with Crippen molar-refractivity contribution in [1.82, 2.24) is 15.5 Å². The zero-order chi connectivity index (χ0) is 25.4. The second-order valence-corrected chi connectivity index (χ2v) is 9.29. The van der Waals surface area contributed by atoms with Crippen molar-refractivity contribution in [2.75, 3.05) is 19.6 Å². The Bertz CT molecular complexity index is 1020. The van der Waals surface area contributed by atoms with E-state index < -0.39 is 24.1 Å². The fourth-order valence-corrected chi connectivity index (χ4v) is 4.69. The number of amides is 3. The Hall–Kier alpha value is -2.97. The molecule has 2 aromatic rings. The van der Waals surface area contributed by atoms with E-state index >= 15 is 0 Å². The summed E-state index contributed by atoms with van der Waals surface area (Å²) in [5, 5.41) is 18.1. The van der Waals surface area contributed by atoms with Crippen LogP contribution in [0, 0.1) is 5.92 Å². The highest BCUT2D eigenvalue weighted by atomic mass is 16.3. The Morgan fingerprint density at radius 3 is 2.51 bits per heavy atom. The predicted octanol–water partition coefficient (Wildman–Crippen LogP) is 1.73. The smallest absolute Gasteiger partial charge is 0.243 e. The number of rotatable bonds is 11. The lowest BCUT2D eigenvalue weighted by Gasteiger charge is -2.28. The second-order valence-electron chi connectivity index (χ2n) is 9.29. The maximum atomic E-state index is 13.3. The van der Waals surface area contributed by atoms with Crippen molar-refractivity contribution in [3.8, 4) is 0 Å². The van der Waals surface area contributed by atoms with Crippen LogP contribution in [0.5, 0.6) is 0 Å². The van der Waals surface area contributed by atoms with Crippen molar-refractivity contribution in [2.45, 2.75) is 64.1 Å². The van der Waals surface area contributed by atoms with Crippen molar-refractivity contribution >= 4 is 28.5 Å². The molecule has 3 rings (SSSR count). The van der Waals surface area contributed by atoms with Gasteiger partial charge in [-0.15, -0.1) is 0 Å². The first-order chi connectivity index (χ1) is 16.9. The molecule has 0 spiro atoms. The summed E-state index contributed by atoms with van der Waals surface area (Å²) in [6, 6.07) is 12.3. The number of nitrogens with two attached hydrogens (primary N) is 1. The van der Waals surface area contributed by atoms with Crippen LogP contribution in [0.4, 0.5) is 0 Å². The first-order valence-electron chi connectivity index (χ1n) is 12.6. The summed E-state index contributed by atoms with van der Waals surface area (Å²) in [5.41, 5.74) is 6.47. The van der Waals surface area contributed by atoms with Crippen molar-refractivity contribution < 1.29 is 19.5 Å². The molecule has 1 saturated heterocycles. The summed E-state index contributed by atoms with van der Waals surface area (Å²) < 4.78 is 0. The van der Waals surface area contributed by atoms with E-state index in [1.54, 1.807) is 0 Å². The van der Waals surface area contributed by atoms with Crippen LogP contribution in [0.2, 0.25) is 0 Å². The lowest BCUT2D eigenvalue weighted by atomic mass is 10.00. The molecule has 0 saturated carbocycles. The van der Waals surface area contributed by atoms with Gasteiger partial charge in [-0.3, -0.25) is 14.4 Å². The van der Waals surface area contributed by atoms with Crippen LogP contribution in [-0.4, -0.2) is 65.5 Å². The first-order valence-corrected chi connectivity index (χ1v) is 12.6. The fourth-order valence-electron chi connectivity index (χ4n) is 4.69. The molecule has 8 heteroatoms. The number of β-amino-alcohol motifs (C(OH)–C–C–N with tert-alkyl or cyclic N) is 1. The monoisotopic (exact) mass is 482 g/mol. The number of aliphatic hydroxyl groups is 1. The molecule has 190 valence electrons. The molecule has 0 radical (unpaired) electrons. The third-order valence-electron chi connectivity index (χ3n) is 6.77. The van der Waals surface area contributed by atoms with Gasteiger partial charge in [-0.05, 0) is 42.1 Å². The maximum absolute atomic E-state index is 13.3. The number of hydrogen-bond acceptors (Lipinski definition) is 5. The van der Waals surface area contributed by atoms with E-state index in [4.69, 9.17) is 5.73 Å². The topological polar surface area (TPSA) is 125 Å². The molecule has 5 N–H and O–H groups in total. The molecule has 1 aliphatic rings. The van der Waals surface area contributed by atoms with E-state index in [0.717, 1.165) is 16.3 Å². The van der Waals surface area contributed by atoms with Gasteiger partial charge in [0.2, 0.25) is 17.7 Å². The minimum Gasteiger partial charge on any atom is -0.391 e. The minimum atomic E-state index is -0.815. The standard InChI is InChI=1S/C27H38N4O4/c1-3-19(4-2)27(35)31-17-22(32)16-24(31)26(34)30-23(25(33)29-13-7-12-28)15-18-10-11-20-8-5-6-9-21(20)14-18/h5-6,8-11,14,19,22-24,32H,3-4,7,12-13,15-17,28H2,1-2H3,(H,29,33)(H,30,34). The first kappa shape index (κ1) is 26.6. The number of nitrogens with one attached hydrogen (secondary N) is 2. The zero-order valence-electron chi connectivity index (χ0n) is 20.7. The molecular formula is C27H38N4O4. The minimum absolute atomic E-state index is 0.120. The van der Waals surface area contributed by atoms with Gasteiger partial charge >= 0.3 is 0 Å². The SMILES string of the molecule is CCC(CC)C(=O)N1CC(O)CC1C(=O)NC(Cc1ccc2ccccc2c1)C(=O)NCCCN. The van der Waals surface area contributed by atoms with E-state index in [-0.39, 0.29) is 30.7 Å². The molecule has 3 unspecified atom stereocenters. The molecule has 0 aromatic heterocycles. The number of fused-ring (bicyclic) bond motifs is 1. The van der Waals surface area contributed by atoms with E-state index in [1.807, 2.05) is 56.3 Å². The Kier molecular flexibility index (Phi) is 9.63. The number of aliphatic hydroxyl groups excluding tert-OH is 1. The number of carbonyl (C=O) groups excluding carboxylic acids is 3. The summed E-state index contributed by atoms with van der Waals surface area (Å²) in [4.78, 5) is 40.9. The van der Waals surface area contributed by atoms with Gasteiger partial charge in [0.15, 0.2) is 0 Å². The van der Waals surface area contributed by atoms with Gasteiger partial charge in [0.05, 0.1) is 6.10 Å². The molecule has 1 aliphatic heterocycles. The largest absolute Gasteiger partial charge is 0.391 e. The number of nitrogens with zero attached hydrogens (tertiary/aromatic N) is 1. The normalized spacial score (nSPS) is 18.6. The molecule has 2 aromatic carbocycles. The Balaban J connectivity index is 1.79. The third kappa shape index (κ3) is 6.80. The molecule has 3 amide bonds. The van der Waals surface area contributed by atoms with Crippen LogP contribution in [-0.2, 0) is 20.8 Å². The van der Waals surface area contributed by atoms with E-state index in [1.165, 1.54) is 4.90 Å². The lowest BCUT2D eigenvalue weighted by Crippen LogP contribution is -2.54. The number of benzene rings is 2. The average Bonchev–Trinajstić information content (AvgIpc) is 3.26. The van der Waals surface area contributed by atoms with Gasteiger partial charge in [0, 0.05) is 31.8 Å². The summed E-state index contributed by atoms with van der Waals surface area (Å²) in [7, 11) is 0. The van der Waals surface area contributed by atoms with Crippen molar-refractivity contribution in [3.63, 3.8) is 0 Å². The summed E-state index contributed by atoms with van der Waals surface area (Å²) in [6.07, 6.45) is 1.68. The molecule has 3 atom stereocenters.